The van der Waals surface area contributed by atoms with Crippen LogP contribution in [-0.2, 0) is 0 Å². The van der Waals surface area contributed by atoms with Gasteiger partial charge in [0.2, 0.25) is 0 Å². The zero-order chi connectivity index (χ0) is 16.6. The summed E-state index contributed by atoms with van der Waals surface area (Å²) in [5, 5.41) is 0. The van der Waals surface area contributed by atoms with Gasteiger partial charge in [-0.3, -0.25) is 4.90 Å². The van der Waals surface area contributed by atoms with Crippen molar-refractivity contribution in [3.63, 3.8) is 0 Å². The minimum atomic E-state index is -0.0403. The van der Waals surface area contributed by atoms with E-state index in [1.54, 1.807) is 0 Å². The molecule has 2 N–H and O–H groups in total. The maximum Gasteiger partial charge on any atom is 0.0301 e. The number of likely N-dealkylation sites (tertiary alicyclic amines) is 1. The Balaban J connectivity index is 3.41. The Bertz CT molecular complexity index is 367. The molecule has 0 aromatic rings. The lowest BCUT2D eigenvalue weighted by Gasteiger charge is -2.59. The monoisotopic (exact) mass is 300 g/mol. The summed E-state index contributed by atoms with van der Waals surface area (Å²) in [7, 11) is 0. The molecule has 0 bridgehead atoms. The molecule has 0 aromatic carbocycles. The van der Waals surface area contributed by atoms with Gasteiger partial charge in [-0.2, -0.15) is 0 Å². The largest absolute Gasteiger partial charge is 0.328 e. The van der Waals surface area contributed by atoms with E-state index in [1.807, 2.05) is 30.4 Å². The summed E-state index contributed by atoms with van der Waals surface area (Å²) in [5.41, 5.74) is 6.40. The average molecular weight is 300 g/mol. The molecule has 1 aliphatic rings. The standard InChI is InChI=1S/C20H32N2/c1-6-11-19(12-7-2)16-18(21)17-20(13-8-3,14-9-4)22(19)15-10-5/h6-10,18H,1-5,11-17,21H2. The minimum Gasteiger partial charge on any atom is -0.328 e. The third kappa shape index (κ3) is 3.68. The summed E-state index contributed by atoms with van der Waals surface area (Å²) in [6, 6.07) is 0.167. The summed E-state index contributed by atoms with van der Waals surface area (Å²) >= 11 is 0. The van der Waals surface area contributed by atoms with E-state index in [2.05, 4.69) is 37.8 Å². The molecule has 122 valence electrons. The second kappa shape index (κ2) is 8.30. The molecule has 0 amide bonds. The minimum absolute atomic E-state index is 0.0403. The number of nitrogens with two attached hydrogens (primary N) is 1. The molecule has 2 heteroatoms. The number of nitrogens with zero attached hydrogens (tertiary/aromatic N) is 1. The summed E-state index contributed by atoms with van der Waals surface area (Å²) < 4.78 is 0. The molecule has 0 saturated carbocycles. The molecule has 1 saturated heterocycles. The van der Waals surface area contributed by atoms with Crippen LogP contribution in [0, 0.1) is 0 Å². The molecule has 1 rings (SSSR count). The van der Waals surface area contributed by atoms with Gasteiger partial charge in [0.25, 0.3) is 0 Å². The molecule has 0 spiro atoms. The lowest BCUT2D eigenvalue weighted by molar-refractivity contribution is -0.0595. The van der Waals surface area contributed by atoms with E-state index in [-0.39, 0.29) is 17.1 Å². The Labute approximate surface area is 136 Å². The van der Waals surface area contributed by atoms with E-state index in [0.29, 0.717) is 0 Å². The quantitative estimate of drug-likeness (QED) is 0.607. The number of piperidine rings is 1. The van der Waals surface area contributed by atoms with Gasteiger partial charge in [0.1, 0.15) is 0 Å². The summed E-state index contributed by atoms with van der Waals surface area (Å²) in [4.78, 5) is 2.57. The smallest absolute Gasteiger partial charge is 0.0301 e. The van der Waals surface area contributed by atoms with Gasteiger partial charge in [-0.15, -0.1) is 32.9 Å². The van der Waals surface area contributed by atoms with Crippen molar-refractivity contribution in [2.24, 2.45) is 5.73 Å². The first-order valence-electron chi connectivity index (χ1n) is 8.12. The highest BCUT2D eigenvalue weighted by atomic mass is 15.3. The van der Waals surface area contributed by atoms with Crippen LogP contribution >= 0.6 is 0 Å². The van der Waals surface area contributed by atoms with Crippen LogP contribution in [0.15, 0.2) is 63.3 Å². The maximum absolute atomic E-state index is 6.48. The molecule has 0 unspecified atom stereocenters. The van der Waals surface area contributed by atoms with Gasteiger partial charge in [0, 0.05) is 23.7 Å². The molecule has 0 radical (unpaired) electrons. The van der Waals surface area contributed by atoms with Crippen molar-refractivity contribution in [2.45, 2.75) is 55.6 Å². The Hall–Kier alpha value is -1.38. The molecule has 0 aromatic heterocycles. The first-order valence-corrected chi connectivity index (χ1v) is 8.12. The zero-order valence-electron chi connectivity index (χ0n) is 14.0. The van der Waals surface area contributed by atoms with Gasteiger partial charge in [-0.25, -0.2) is 0 Å². The van der Waals surface area contributed by atoms with Crippen LogP contribution in [0.25, 0.3) is 0 Å². The second-order valence-corrected chi connectivity index (χ2v) is 6.49. The number of hydrogen-bond acceptors (Lipinski definition) is 2. The Morgan fingerprint density at radius 3 is 1.41 bits per heavy atom. The van der Waals surface area contributed by atoms with Crippen LogP contribution in [-0.4, -0.2) is 28.6 Å². The summed E-state index contributed by atoms with van der Waals surface area (Å²) in [6.07, 6.45) is 15.5. The second-order valence-electron chi connectivity index (χ2n) is 6.49. The first kappa shape index (κ1) is 18.7. The fraction of sp³-hybridized carbons (Fsp3) is 0.500. The van der Waals surface area contributed by atoms with E-state index >= 15 is 0 Å². The van der Waals surface area contributed by atoms with Crippen LogP contribution in [0.4, 0.5) is 0 Å². The summed E-state index contributed by atoms with van der Waals surface area (Å²) in [6.45, 7) is 20.7. The fourth-order valence-corrected chi connectivity index (χ4v) is 4.30. The van der Waals surface area contributed by atoms with E-state index in [4.69, 9.17) is 5.73 Å². The zero-order valence-corrected chi connectivity index (χ0v) is 14.0. The van der Waals surface area contributed by atoms with Crippen molar-refractivity contribution in [3.05, 3.63) is 63.3 Å². The van der Waals surface area contributed by atoms with Crippen molar-refractivity contribution in [2.75, 3.05) is 6.54 Å². The van der Waals surface area contributed by atoms with Gasteiger partial charge >= 0.3 is 0 Å². The van der Waals surface area contributed by atoms with E-state index < -0.39 is 0 Å². The average Bonchev–Trinajstić information content (AvgIpc) is 2.44. The van der Waals surface area contributed by atoms with E-state index in [9.17, 15) is 0 Å². The molecule has 22 heavy (non-hydrogen) atoms. The van der Waals surface area contributed by atoms with E-state index in [1.165, 1.54) is 0 Å². The van der Waals surface area contributed by atoms with Crippen LogP contribution in [0.3, 0.4) is 0 Å². The predicted octanol–water partition coefficient (Wildman–Crippen LogP) is 4.38. The van der Waals surface area contributed by atoms with E-state index in [0.717, 1.165) is 45.1 Å². The van der Waals surface area contributed by atoms with Gasteiger partial charge in [0.15, 0.2) is 0 Å². The topological polar surface area (TPSA) is 29.3 Å². The molecule has 1 aliphatic heterocycles. The molecule has 1 heterocycles. The number of rotatable bonds is 10. The van der Waals surface area contributed by atoms with Gasteiger partial charge in [-0.1, -0.05) is 30.4 Å². The normalized spacial score (nSPS) is 21.0. The highest BCUT2D eigenvalue weighted by molar-refractivity contribution is 5.15. The van der Waals surface area contributed by atoms with Crippen molar-refractivity contribution in [1.29, 1.82) is 0 Å². The third-order valence-corrected chi connectivity index (χ3v) is 4.84. The Morgan fingerprint density at radius 2 is 1.14 bits per heavy atom. The highest BCUT2D eigenvalue weighted by Gasteiger charge is 2.50. The predicted molar refractivity (Wildman–Crippen MR) is 98.8 cm³/mol. The van der Waals surface area contributed by atoms with Crippen LogP contribution in [0.1, 0.15) is 38.5 Å². The number of hydrogen-bond donors (Lipinski definition) is 1. The summed E-state index contributed by atoms with van der Waals surface area (Å²) in [5.74, 6) is 0. The van der Waals surface area contributed by atoms with Crippen LogP contribution in [0.2, 0.25) is 0 Å². The fourth-order valence-electron chi connectivity index (χ4n) is 4.30. The Morgan fingerprint density at radius 1 is 0.773 bits per heavy atom. The third-order valence-electron chi connectivity index (χ3n) is 4.84. The highest BCUT2D eigenvalue weighted by Crippen LogP contribution is 2.46. The van der Waals surface area contributed by atoms with Crippen molar-refractivity contribution in [3.8, 4) is 0 Å². The van der Waals surface area contributed by atoms with Crippen molar-refractivity contribution < 1.29 is 0 Å². The van der Waals surface area contributed by atoms with Crippen molar-refractivity contribution >= 4 is 0 Å². The first-order chi connectivity index (χ1) is 10.5. The molecule has 2 nitrogen and oxygen atoms in total. The lowest BCUT2D eigenvalue weighted by Crippen LogP contribution is -2.67. The molecular weight excluding hydrogens is 268 g/mol. The van der Waals surface area contributed by atoms with Gasteiger partial charge in [0.05, 0.1) is 0 Å². The Kier molecular flexibility index (Phi) is 7.05. The maximum atomic E-state index is 6.48. The van der Waals surface area contributed by atoms with Crippen molar-refractivity contribution in [1.82, 2.24) is 4.90 Å². The molecule has 0 atom stereocenters. The molecule has 0 aliphatic carbocycles. The molecular formula is C20H32N2. The lowest BCUT2D eigenvalue weighted by atomic mass is 9.68. The molecule has 1 fully saturated rings. The van der Waals surface area contributed by atoms with Crippen LogP contribution < -0.4 is 5.73 Å². The van der Waals surface area contributed by atoms with Crippen LogP contribution in [0.5, 0.6) is 0 Å². The SMILES string of the molecule is C=CCN1C(CC=C)(CC=C)CC(N)CC1(CC=C)CC=C. The van der Waals surface area contributed by atoms with Gasteiger partial charge < -0.3 is 5.73 Å². The van der Waals surface area contributed by atoms with Gasteiger partial charge in [-0.05, 0) is 38.5 Å².